The minimum Gasteiger partial charge on any atom is -0.466 e. The Hall–Kier alpha value is -3.35. The first-order valence-corrected chi connectivity index (χ1v) is 7.85. The minimum atomic E-state index is -0.466. The molecule has 0 rings (SSSR count). The third-order valence-electron chi connectivity index (χ3n) is 3.05. The van der Waals surface area contributed by atoms with Gasteiger partial charge in [0.25, 0.3) is 5.91 Å². The highest BCUT2D eigenvalue weighted by Gasteiger charge is 2.06. The molecule has 0 saturated carbocycles. The van der Waals surface area contributed by atoms with Crippen molar-refractivity contribution in [2.75, 3.05) is 6.61 Å². The molecule has 0 aliphatic rings. The molecule has 0 aromatic carbocycles. The second kappa shape index (κ2) is 13.0. The molecule has 0 aromatic rings. The molecule has 1 amide bonds. The fraction of sp³-hybridized carbons (Fsp3) is 0.211. The Kier molecular flexibility index (Phi) is 11.3. The lowest BCUT2D eigenvalue weighted by Gasteiger charge is -2.03. The van der Waals surface area contributed by atoms with Crippen LogP contribution in [-0.4, -0.2) is 29.5 Å². The third kappa shape index (κ3) is 9.07. The van der Waals surface area contributed by atoms with Crippen LogP contribution in [-0.2, 0) is 14.3 Å². The van der Waals surface area contributed by atoms with Gasteiger partial charge >= 0.3 is 5.97 Å². The van der Waals surface area contributed by atoms with E-state index in [1.165, 1.54) is 18.4 Å². The van der Waals surface area contributed by atoms with Crippen LogP contribution in [0.4, 0.5) is 0 Å². The molecule has 0 fully saturated rings. The molecule has 0 unspecified atom stereocenters. The van der Waals surface area contributed by atoms with Crippen molar-refractivity contribution in [3.8, 4) is 0 Å². The van der Waals surface area contributed by atoms with Crippen LogP contribution in [0.15, 0.2) is 78.2 Å². The molecule has 0 bridgehead atoms. The Bertz CT molecular complexity index is 670. The molecule has 0 atom stereocenters. The highest BCUT2D eigenvalue weighted by molar-refractivity contribution is 6.03. The molecule has 0 radical (unpaired) electrons. The summed E-state index contributed by atoms with van der Waals surface area (Å²) >= 11 is 0. The van der Waals surface area contributed by atoms with Gasteiger partial charge in [-0.15, -0.1) is 0 Å². The number of amides is 1. The first-order chi connectivity index (χ1) is 12.4. The van der Waals surface area contributed by atoms with Gasteiger partial charge in [-0.05, 0) is 31.1 Å². The predicted molar refractivity (Wildman–Crippen MR) is 102 cm³/mol. The first-order valence-electron chi connectivity index (χ1n) is 7.85. The predicted octanol–water partition coefficient (Wildman–Crippen LogP) is 2.49. The van der Waals surface area contributed by atoms with Crippen molar-refractivity contribution >= 4 is 17.7 Å². The smallest absolute Gasteiger partial charge is 0.306 e. The summed E-state index contributed by atoms with van der Waals surface area (Å²) in [4.78, 5) is 23.2. The number of carbonyl (C=O) groups excluding carboxylic acids is 2. The maximum atomic E-state index is 11.9. The average molecular weight is 359 g/mol. The number of esters is 1. The zero-order chi connectivity index (χ0) is 19.9. The van der Waals surface area contributed by atoms with E-state index in [0.717, 1.165) is 5.57 Å². The van der Waals surface area contributed by atoms with Crippen LogP contribution in [0, 0.1) is 0 Å². The summed E-state index contributed by atoms with van der Waals surface area (Å²) < 4.78 is 4.86. The zero-order valence-corrected chi connectivity index (χ0v) is 14.9. The largest absolute Gasteiger partial charge is 0.466 e. The Morgan fingerprint density at radius 3 is 2.50 bits per heavy atom. The standard InChI is InChI=1S/C19H25N3O4/c1-5-15(10-11-17(23)26-7-3)9-8-12-21-19(24)14(4)13-16(6-2)18(20)22-25/h5-6,8-9,12-13,25H,1-2,4,7,10-11H2,3H3,(H2,20,22)(H,21,24)/b12-8+,15-9+,16-13+. The lowest BCUT2D eigenvalue weighted by atomic mass is 10.1. The summed E-state index contributed by atoms with van der Waals surface area (Å²) in [5.74, 6) is -0.916. The van der Waals surface area contributed by atoms with Crippen LogP contribution in [0.2, 0.25) is 0 Å². The molecular weight excluding hydrogens is 334 g/mol. The fourth-order valence-corrected chi connectivity index (χ4v) is 1.67. The van der Waals surface area contributed by atoms with Gasteiger partial charge in [0.15, 0.2) is 5.84 Å². The van der Waals surface area contributed by atoms with E-state index in [0.29, 0.717) is 13.0 Å². The van der Waals surface area contributed by atoms with Gasteiger partial charge in [-0.2, -0.15) is 0 Å². The summed E-state index contributed by atoms with van der Waals surface area (Å²) in [6.07, 6.45) is 9.80. The number of nitrogens with one attached hydrogen (secondary N) is 1. The van der Waals surface area contributed by atoms with E-state index in [1.54, 1.807) is 25.2 Å². The van der Waals surface area contributed by atoms with Crippen molar-refractivity contribution in [2.45, 2.75) is 19.8 Å². The van der Waals surface area contributed by atoms with Crippen molar-refractivity contribution in [1.29, 1.82) is 0 Å². The number of carbonyl (C=O) groups is 2. The highest BCUT2D eigenvalue weighted by Crippen LogP contribution is 2.07. The van der Waals surface area contributed by atoms with Gasteiger partial charge in [-0.1, -0.05) is 43.1 Å². The van der Waals surface area contributed by atoms with Gasteiger partial charge in [-0.3, -0.25) is 9.59 Å². The Balaban J connectivity index is 4.70. The van der Waals surface area contributed by atoms with Crippen LogP contribution in [0.1, 0.15) is 19.8 Å². The van der Waals surface area contributed by atoms with Gasteiger partial charge in [0.05, 0.1) is 6.61 Å². The molecule has 26 heavy (non-hydrogen) atoms. The Labute approximate surface area is 153 Å². The molecule has 0 aromatic heterocycles. The second-order valence-corrected chi connectivity index (χ2v) is 4.90. The van der Waals surface area contributed by atoms with Gasteiger partial charge in [-0.25, -0.2) is 0 Å². The highest BCUT2D eigenvalue weighted by atomic mass is 16.5. The maximum absolute atomic E-state index is 11.9. The molecule has 0 spiro atoms. The van der Waals surface area contributed by atoms with E-state index >= 15 is 0 Å². The average Bonchev–Trinajstić information content (AvgIpc) is 2.64. The Morgan fingerprint density at radius 2 is 1.96 bits per heavy atom. The molecule has 4 N–H and O–H groups in total. The number of nitrogens with zero attached hydrogens (tertiary/aromatic N) is 1. The topological polar surface area (TPSA) is 114 Å². The fourth-order valence-electron chi connectivity index (χ4n) is 1.67. The van der Waals surface area contributed by atoms with Gasteiger partial charge < -0.3 is 21.0 Å². The lowest BCUT2D eigenvalue weighted by molar-refractivity contribution is -0.143. The van der Waals surface area contributed by atoms with Gasteiger partial charge in [0.2, 0.25) is 0 Å². The zero-order valence-electron chi connectivity index (χ0n) is 14.9. The maximum Gasteiger partial charge on any atom is 0.306 e. The SMILES string of the molecule is C=C/C(=C\C=C\NC(=O)C(=C)/C=C(C=C)/C(N)=N\O)CCC(=O)OCC. The summed E-state index contributed by atoms with van der Waals surface area (Å²) in [7, 11) is 0. The van der Waals surface area contributed by atoms with Crippen LogP contribution < -0.4 is 11.1 Å². The number of ether oxygens (including phenoxy) is 1. The van der Waals surface area contributed by atoms with Crippen LogP contribution in [0.25, 0.3) is 0 Å². The van der Waals surface area contributed by atoms with Crippen molar-refractivity contribution in [1.82, 2.24) is 5.32 Å². The molecule has 0 heterocycles. The van der Waals surface area contributed by atoms with Crippen molar-refractivity contribution < 1.29 is 19.5 Å². The number of hydrogen-bond donors (Lipinski definition) is 3. The minimum absolute atomic E-state index is 0.103. The Morgan fingerprint density at radius 1 is 1.27 bits per heavy atom. The molecule has 0 aliphatic carbocycles. The first kappa shape index (κ1) is 22.6. The molecule has 0 aliphatic heterocycles. The molecular formula is C19H25N3O4. The van der Waals surface area contributed by atoms with E-state index in [9.17, 15) is 9.59 Å². The number of allylic oxidation sites excluding steroid dienone is 4. The normalized spacial score (nSPS) is 12.6. The summed E-state index contributed by atoms with van der Waals surface area (Å²) in [5, 5.41) is 14.0. The van der Waals surface area contributed by atoms with E-state index in [4.69, 9.17) is 15.7 Å². The summed E-state index contributed by atoms with van der Waals surface area (Å²) in [6, 6.07) is 0. The molecule has 7 heteroatoms. The van der Waals surface area contributed by atoms with Crippen molar-refractivity contribution in [3.05, 3.63) is 73.0 Å². The monoisotopic (exact) mass is 359 g/mol. The molecule has 140 valence electrons. The van der Waals surface area contributed by atoms with E-state index in [1.807, 2.05) is 0 Å². The van der Waals surface area contributed by atoms with Crippen LogP contribution in [0.3, 0.4) is 0 Å². The van der Waals surface area contributed by atoms with E-state index in [2.05, 4.69) is 30.2 Å². The van der Waals surface area contributed by atoms with Gasteiger partial charge in [0, 0.05) is 23.8 Å². The summed E-state index contributed by atoms with van der Waals surface area (Å²) in [6.45, 7) is 12.9. The number of oxime groups is 1. The third-order valence-corrected chi connectivity index (χ3v) is 3.05. The van der Waals surface area contributed by atoms with E-state index < -0.39 is 5.91 Å². The number of hydrogen-bond acceptors (Lipinski definition) is 5. The molecule has 7 nitrogen and oxygen atoms in total. The number of amidine groups is 1. The molecule has 0 saturated heterocycles. The van der Waals surface area contributed by atoms with Crippen molar-refractivity contribution in [3.63, 3.8) is 0 Å². The van der Waals surface area contributed by atoms with Crippen LogP contribution in [0.5, 0.6) is 0 Å². The number of rotatable bonds is 11. The van der Waals surface area contributed by atoms with Crippen LogP contribution >= 0.6 is 0 Å². The van der Waals surface area contributed by atoms with Crippen molar-refractivity contribution in [2.24, 2.45) is 10.9 Å². The summed E-state index contributed by atoms with van der Waals surface area (Å²) in [5.41, 5.74) is 6.63. The second-order valence-electron chi connectivity index (χ2n) is 4.90. The lowest BCUT2D eigenvalue weighted by Crippen LogP contribution is -2.19. The van der Waals surface area contributed by atoms with Gasteiger partial charge in [0.1, 0.15) is 0 Å². The van der Waals surface area contributed by atoms with E-state index in [-0.39, 0.29) is 29.4 Å². The quantitative estimate of drug-likeness (QED) is 0.0997. The number of nitrogens with two attached hydrogens (primary N) is 1.